The summed E-state index contributed by atoms with van der Waals surface area (Å²) in [6.45, 7) is 4.11. The van der Waals surface area contributed by atoms with E-state index in [1.807, 2.05) is 17.0 Å². The fraction of sp³-hybridized carbons (Fsp3) is 0.611. The zero-order valence-corrected chi connectivity index (χ0v) is 12.9. The number of carbonyl (C=O) groups excluding carboxylic acids is 1. The van der Waals surface area contributed by atoms with Crippen LogP contribution in [0.3, 0.4) is 0 Å². The second-order valence-electron chi connectivity index (χ2n) is 6.46. The zero-order chi connectivity index (χ0) is 14.8. The fourth-order valence-electron chi connectivity index (χ4n) is 4.03. The number of hydrogen-bond acceptors (Lipinski definition) is 2. The van der Waals surface area contributed by atoms with Crippen LogP contribution in [0.4, 0.5) is 0 Å². The molecule has 0 radical (unpaired) electrons. The van der Waals surface area contributed by atoms with E-state index in [0.717, 1.165) is 12.1 Å². The van der Waals surface area contributed by atoms with E-state index >= 15 is 0 Å². The smallest absolute Gasteiger partial charge is 0.226 e. The number of rotatable bonds is 5. The lowest BCUT2D eigenvalue weighted by atomic mass is 10.0. The van der Waals surface area contributed by atoms with Crippen LogP contribution < -0.4 is 5.73 Å². The first-order chi connectivity index (χ1) is 10.3. The summed E-state index contributed by atoms with van der Waals surface area (Å²) in [6.07, 6.45) is 5.15. The van der Waals surface area contributed by atoms with Crippen molar-refractivity contribution in [1.82, 2.24) is 4.90 Å². The Labute approximate surface area is 127 Å². The Hall–Kier alpha value is -1.35. The van der Waals surface area contributed by atoms with Crippen LogP contribution in [0.15, 0.2) is 24.3 Å². The highest BCUT2D eigenvalue weighted by Gasteiger charge is 2.55. The summed E-state index contributed by atoms with van der Waals surface area (Å²) >= 11 is 0. The van der Waals surface area contributed by atoms with E-state index in [-0.39, 0.29) is 0 Å². The van der Waals surface area contributed by atoms with Gasteiger partial charge in [0.25, 0.3) is 0 Å². The molecule has 2 N–H and O–H groups in total. The average molecular weight is 286 g/mol. The molecule has 0 saturated heterocycles. The quantitative estimate of drug-likeness (QED) is 0.904. The minimum absolute atomic E-state index is 0.317. The molecular weight excluding hydrogens is 260 g/mol. The standard InChI is InChI=1S/C18H26N2O/c1-2-20(12-14-8-4-3-7-13(14)11-19)18(21)17-15-9-5-6-10-16(15)17/h3-4,7-8,15-17H,2,5-6,9-12,19H2,1H3. The first-order valence-corrected chi connectivity index (χ1v) is 8.32. The third-order valence-electron chi connectivity index (χ3n) is 5.33. The summed E-state index contributed by atoms with van der Waals surface area (Å²) in [5.41, 5.74) is 8.15. The van der Waals surface area contributed by atoms with Gasteiger partial charge < -0.3 is 10.6 Å². The Kier molecular flexibility index (Phi) is 4.29. The maximum absolute atomic E-state index is 12.8. The molecule has 0 bridgehead atoms. The average Bonchev–Trinajstić information content (AvgIpc) is 3.26. The number of nitrogens with two attached hydrogens (primary N) is 1. The van der Waals surface area contributed by atoms with Gasteiger partial charge in [-0.1, -0.05) is 37.1 Å². The van der Waals surface area contributed by atoms with Crippen LogP contribution in [-0.2, 0) is 17.9 Å². The van der Waals surface area contributed by atoms with Crippen LogP contribution >= 0.6 is 0 Å². The van der Waals surface area contributed by atoms with Gasteiger partial charge in [0.15, 0.2) is 0 Å². The molecule has 1 aromatic rings. The molecule has 0 aliphatic heterocycles. The lowest BCUT2D eigenvalue weighted by Crippen LogP contribution is -2.32. The maximum atomic E-state index is 12.8. The van der Waals surface area contributed by atoms with Crippen LogP contribution in [0.2, 0.25) is 0 Å². The molecule has 0 aromatic heterocycles. The summed E-state index contributed by atoms with van der Waals surface area (Å²) in [5.74, 6) is 2.06. The molecule has 0 heterocycles. The second kappa shape index (κ2) is 6.18. The van der Waals surface area contributed by atoms with Crippen molar-refractivity contribution in [2.45, 2.75) is 45.7 Å². The van der Waals surface area contributed by atoms with Gasteiger partial charge in [0, 0.05) is 25.6 Å². The molecule has 2 fully saturated rings. The molecule has 2 aliphatic carbocycles. The predicted octanol–water partition coefficient (Wildman–Crippen LogP) is 2.93. The van der Waals surface area contributed by atoms with Crippen molar-refractivity contribution in [3.05, 3.63) is 35.4 Å². The Morgan fingerprint density at radius 2 is 1.81 bits per heavy atom. The van der Waals surface area contributed by atoms with Crippen LogP contribution in [0.1, 0.15) is 43.7 Å². The van der Waals surface area contributed by atoms with E-state index in [4.69, 9.17) is 5.73 Å². The fourth-order valence-corrected chi connectivity index (χ4v) is 4.03. The van der Waals surface area contributed by atoms with Crippen molar-refractivity contribution in [3.8, 4) is 0 Å². The van der Waals surface area contributed by atoms with Crippen LogP contribution in [0, 0.1) is 17.8 Å². The molecule has 3 rings (SSSR count). The molecule has 2 aliphatic rings. The summed E-state index contributed by atoms with van der Waals surface area (Å²) < 4.78 is 0. The number of carbonyl (C=O) groups is 1. The van der Waals surface area contributed by atoms with Gasteiger partial charge in [-0.2, -0.15) is 0 Å². The zero-order valence-electron chi connectivity index (χ0n) is 12.9. The van der Waals surface area contributed by atoms with Crippen LogP contribution in [0.5, 0.6) is 0 Å². The van der Waals surface area contributed by atoms with Crippen molar-refractivity contribution in [2.75, 3.05) is 6.54 Å². The Morgan fingerprint density at radius 3 is 2.38 bits per heavy atom. The highest BCUT2D eigenvalue weighted by atomic mass is 16.2. The summed E-state index contributed by atoms with van der Waals surface area (Å²) in [7, 11) is 0. The normalized spacial score (nSPS) is 27.0. The Morgan fingerprint density at radius 1 is 1.19 bits per heavy atom. The molecule has 1 amide bonds. The van der Waals surface area contributed by atoms with Gasteiger partial charge in [0.2, 0.25) is 5.91 Å². The van der Waals surface area contributed by atoms with Gasteiger partial charge >= 0.3 is 0 Å². The van der Waals surface area contributed by atoms with Crippen molar-refractivity contribution in [1.29, 1.82) is 0 Å². The number of benzene rings is 1. The largest absolute Gasteiger partial charge is 0.338 e. The Bertz CT molecular complexity index is 502. The molecule has 2 unspecified atom stereocenters. The van der Waals surface area contributed by atoms with Crippen molar-refractivity contribution in [2.24, 2.45) is 23.5 Å². The highest BCUT2D eigenvalue weighted by molar-refractivity contribution is 5.82. The third-order valence-corrected chi connectivity index (χ3v) is 5.33. The number of amides is 1. The molecule has 2 atom stereocenters. The molecule has 114 valence electrons. The SMILES string of the molecule is CCN(Cc1ccccc1CN)C(=O)C1C2CCCCC21. The Balaban J connectivity index is 1.69. The van der Waals surface area contributed by atoms with E-state index in [1.54, 1.807) is 0 Å². The van der Waals surface area contributed by atoms with Gasteiger partial charge in [-0.25, -0.2) is 0 Å². The van der Waals surface area contributed by atoms with Crippen molar-refractivity contribution < 1.29 is 4.79 Å². The van der Waals surface area contributed by atoms with Crippen LogP contribution in [0.25, 0.3) is 0 Å². The molecule has 3 heteroatoms. The third kappa shape index (κ3) is 2.84. The minimum Gasteiger partial charge on any atom is -0.338 e. The molecule has 1 aromatic carbocycles. The topological polar surface area (TPSA) is 46.3 Å². The summed E-state index contributed by atoms with van der Waals surface area (Å²) in [5, 5.41) is 0. The second-order valence-corrected chi connectivity index (χ2v) is 6.46. The van der Waals surface area contributed by atoms with E-state index < -0.39 is 0 Å². The van der Waals surface area contributed by atoms with Crippen molar-refractivity contribution >= 4 is 5.91 Å². The van der Waals surface area contributed by atoms with Gasteiger partial charge in [0.05, 0.1) is 0 Å². The van der Waals surface area contributed by atoms with Crippen molar-refractivity contribution in [3.63, 3.8) is 0 Å². The lowest BCUT2D eigenvalue weighted by molar-refractivity contribution is -0.133. The number of hydrogen-bond donors (Lipinski definition) is 1. The van der Waals surface area contributed by atoms with Gasteiger partial charge in [0.1, 0.15) is 0 Å². The van der Waals surface area contributed by atoms with Gasteiger partial charge in [-0.3, -0.25) is 4.79 Å². The summed E-state index contributed by atoms with van der Waals surface area (Å²) in [4.78, 5) is 14.8. The first kappa shape index (κ1) is 14.6. The highest BCUT2D eigenvalue weighted by Crippen LogP contribution is 2.56. The monoisotopic (exact) mass is 286 g/mol. The molecule has 2 saturated carbocycles. The number of nitrogens with zero attached hydrogens (tertiary/aromatic N) is 1. The van der Waals surface area contributed by atoms with Crippen LogP contribution in [-0.4, -0.2) is 17.4 Å². The minimum atomic E-state index is 0.317. The van der Waals surface area contributed by atoms with E-state index in [1.165, 1.54) is 31.2 Å². The lowest BCUT2D eigenvalue weighted by Gasteiger charge is -2.22. The number of fused-ring (bicyclic) bond motifs is 1. The molecule has 0 spiro atoms. The maximum Gasteiger partial charge on any atom is 0.226 e. The molecule has 3 nitrogen and oxygen atoms in total. The molecular formula is C18H26N2O. The summed E-state index contributed by atoms with van der Waals surface area (Å²) in [6, 6.07) is 8.20. The van der Waals surface area contributed by atoms with E-state index in [2.05, 4.69) is 19.1 Å². The first-order valence-electron chi connectivity index (χ1n) is 8.32. The van der Waals surface area contributed by atoms with E-state index in [0.29, 0.717) is 36.8 Å². The van der Waals surface area contributed by atoms with E-state index in [9.17, 15) is 4.79 Å². The van der Waals surface area contributed by atoms with Gasteiger partial charge in [-0.15, -0.1) is 0 Å². The molecule has 21 heavy (non-hydrogen) atoms. The van der Waals surface area contributed by atoms with Gasteiger partial charge in [-0.05, 0) is 42.7 Å². The predicted molar refractivity (Wildman–Crippen MR) is 84.4 cm³/mol.